The second-order valence-corrected chi connectivity index (χ2v) is 5.56. The number of methoxy groups -OCH3 is 2. The van der Waals surface area contributed by atoms with E-state index in [-0.39, 0.29) is 18.4 Å². The molecule has 1 aromatic heterocycles. The number of nitrogens with zero attached hydrogens (tertiary/aromatic N) is 2. The van der Waals surface area contributed by atoms with Gasteiger partial charge in [0.2, 0.25) is 11.7 Å². The summed E-state index contributed by atoms with van der Waals surface area (Å²) >= 11 is 6.22. The number of aromatic nitrogens is 2. The fourth-order valence-corrected chi connectivity index (χ4v) is 2.89. The first-order valence-corrected chi connectivity index (χ1v) is 7.59. The van der Waals surface area contributed by atoms with E-state index >= 15 is 0 Å². The first-order chi connectivity index (χ1) is 10.7. The molecule has 126 valence electrons. The van der Waals surface area contributed by atoms with Crippen molar-refractivity contribution < 1.29 is 14.0 Å². The van der Waals surface area contributed by atoms with Gasteiger partial charge >= 0.3 is 0 Å². The molecule has 2 heterocycles. The zero-order chi connectivity index (χ0) is 15.5. The summed E-state index contributed by atoms with van der Waals surface area (Å²) in [6.45, 7) is 0.977. The van der Waals surface area contributed by atoms with Crippen LogP contribution in [0.3, 0.4) is 0 Å². The highest BCUT2D eigenvalue weighted by molar-refractivity contribution is 6.32. The van der Waals surface area contributed by atoms with Gasteiger partial charge in [0.15, 0.2) is 11.5 Å². The normalized spacial score (nSPS) is 17.4. The number of hydrogen-bond donors (Lipinski definition) is 1. The lowest BCUT2D eigenvalue weighted by Gasteiger charge is -2.19. The van der Waals surface area contributed by atoms with Crippen LogP contribution in [0.5, 0.6) is 11.5 Å². The van der Waals surface area contributed by atoms with Crippen LogP contribution in [0.1, 0.15) is 31.2 Å². The SMILES string of the molecule is COc1cc(-c2noc(C3CCCCN3)n2)cc(Cl)c1OC.Cl. The minimum Gasteiger partial charge on any atom is -0.493 e. The summed E-state index contributed by atoms with van der Waals surface area (Å²) < 4.78 is 15.9. The van der Waals surface area contributed by atoms with Crippen molar-refractivity contribution in [2.24, 2.45) is 0 Å². The summed E-state index contributed by atoms with van der Waals surface area (Å²) in [7, 11) is 3.11. The molecular formula is C15H19Cl2N3O3. The van der Waals surface area contributed by atoms with Crippen molar-refractivity contribution in [1.82, 2.24) is 15.5 Å². The number of hydrogen-bond acceptors (Lipinski definition) is 6. The number of rotatable bonds is 4. The standard InChI is InChI=1S/C15H18ClN3O3.ClH/c1-20-12-8-9(7-10(16)13(12)21-2)14-18-15(22-19-14)11-5-3-4-6-17-11;/h7-8,11,17H,3-6H2,1-2H3;1H. The third kappa shape index (κ3) is 3.71. The van der Waals surface area contributed by atoms with Gasteiger partial charge in [-0.15, -0.1) is 12.4 Å². The molecule has 0 radical (unpaired) electrons. The average Bonchev–Trinajstić information content (AvgIpc) is 3.05. The quantitative estimate of drug-likeness (QED) is 0.898. The smallest absolute Gasteiger partial charge is 0.244 e. The molecule has 2 aromatic rings. The number of benzene rings is 1. The Kier molecular flexibility index (Phi) is 6.10. The van der Waals surface area contributed by atoms with E-state index in [0.29, 0.717) is 28.2 Å². The molecule has 0 spiro atoms. The Balaban J connectivity index is 0.00000192. The molecule has 1 aromatic carbocycles. The third-order valence-electron chi connectivity index (χ3n) is 3.74. The van der Waals surface area contributed by atoms with Crippen molar-refractivity contribution in [3.05, 3.63) is 23.0 Å². The Bertz CT molecular complexity index is 657. The topological polar surface area (TPSA) is 69.4 Å². The second kappa shape index (κ2) is 7.86. The molecule has 1 saturated heterocycles. The van der Waals surface area contributed by atoms with E-state index in [1.165, 1.54) is 6.42 Å². The van der Waals surface area contributed by atoms with E-state index in [4.69, 9.17) is 25.6 Å². The van der Waals surface area contributed by atoms with Crippen LogP contribution in [0.25, 0.3) is 11.4 Å². The first-order valence-electron chi connectivity index (χ1n) is 7.22. The van der Waals surface area contributed by atoms with E-state index in [2.05, 4.69) is 15.5 Å². The molecular weight excluding hydrogens is 341 g/mol. The van der Waals surface area contributed by atoms with Crippen LogP contribution in [-0.2, 0) is 0 Å². The number of piperidine rings is 1. The summed E-state index contributed by atoms with van der Waals surface area (Å²) in [5, 5.41) is 7.88. The summed E-state index contributed by atoms with van der Waals surface area (Å²) in [6.07, 6.45) is 3.36. The van der Waals surface area contributed by atoms with Gasteiger partial charge in [-0.3, -0.25) is 0 Å². The number of nitrogens with one attached hydrogen (secondary N) is 1. The lowest BCUT2D eigenvalue weighted by Crippen LogP contribution is -2.26. The van der Waals surface area contributed by atoms with E-state index in [1.54, 1.807) is 26.4 Å². The third-order valence-corrected chi connectivity index (χ3v) is 4.02. The van der Waals surface area contributed by atoms with Gasteiger partial charge in [0, 0.05) is 5.56 Å². The molecule has 0 aliphatic carbocycles. The maximum absolute atomic E-state index is 6.22. The van der Waals surface area contributed by atoms with E-state index in [9.17, 15) is 0 Å². The van der Waals surface area contributed by atoms with Crippen LogP contribution in [0.15, 0.2) is 16.7 Å². The van der Waals surface area contributed by atoms with Crippen LogP contribution < -0.4 is 14.8 Å². The molecule has 1 N–H and O–H groups in total. The number of ether oxygens (including phenoxy) is 2. The largest absolute Gasteiger partial charge is 0.493 e. The predicted octanol–water partition coefficient (Wildman–Crippen LogP) is 3.64. The fraction of sp³-hybridized carbons (Fsp3) is 0.467. The maximum Gasteiger partial charge on any atom is 0.244 e. The Morgan fingerprint density at radius 2 is 2.09 bits per heavy atom. The minimum absolute atomic E-state index is 0. The first kappa shape index (κ1) is 17.8. The highest BCUT2D eigenvalue weighted by atomic mass is 35.5. The molecule has 8 heteroatoms. The zero-order valence-corrected chi connectivity index (χ0v) is 14.5. The monoisotopic (exact) mass is 359 g/mol. The lowest BCUT2D eigenvalue weighted by molar-refractivity contribution is 0.297. The van der Waals surface area contributed by atoms with Gasteiger partial charge in [0.25, 0.3) is 0 Å². The van der Waals surface area contributed by atoms with Crippen molar-refractivity contribution in [1.29, 1.82) is 0 Å². The maximum atomic E-state index is 6.22. The van der Waals surface area contributed by atoms with Crippen molar-refractivity contribution in [3.8, 4) is 22.9 Å². The molecule has 3 rings (SSSR count). The van der Waals surface area contributed by atoms with Crippen molar-refractivity contribution in [3.63, 3.8) is 0 Å². The molecule has 1 fully saturated rings. The van der Waals surface area contributed by atoms with Gasteiger partial charge in [-0.1, -0.05) is 23.2 Å². The van der Waals surface area contributed by atoms with Gasteiger partial charge in [0.1, 0.15) is 0 Å². The van der Waals surface area contributed by atoms with Crippen LogP contribution in [0.4, 0.5) is 0 Å². The Morgan fingerprint density at radius 1 is 1.26 bits per heavy atom. The molecule has 6 nitrogen and oxygen atoms in total. The molecule has 1 aliphatic heterocycles. The van der Waals surface area contributed by atoms with E-state index in [0.717, 1.165) is 24.9 Å². The zero-order valence-electron chi connectivity index (χ0n) is 13.0. The van der Waals surface area contributed by atoms with Crippen LogP contribution in [0.2, 0.25) is 5.02 Å². The summed E-state index contributed by atoms with van der Waals surface area (Å²) in [5.41, 5.74) is 0.730. The summed E-state index contributed by atoms with van der Waals surface area (Å²) in [5.74, 6) is 2.13. The molecule has 1 unspecified atom stereocenters. The average molecular weight is 360 g/mol. The fourth-order valence-electron chi connectivity index (χ4n) is 2.60. The molecule has 0 amide bonds. The molecule has 23 heavy (non-hydrogen) atoms. The summed E-state index contributed by atoms with van der Waals surface area (Å²) in [6, 6.07) is 3.66. The van der Waals surface area contributed by atoms with E-state index in [1.807, 2.05) is 0 Å². The molecule has 0 saturated carbocycles. The van der Waals surface area contributed by atoms with Crippen LogP contribution in [-0.4, -0.2) is 30.9 Å². The van der Waals surface area contributed by atoms with Gasteiger partial charge < -0.3 is 19.3 Å². The molecule has 1 aliphatic rings. The van der Waals surface area contributed by atoms with Gasteiger partial charge in [-0.25, -0.2) is 0 Å². The van der Waals surface area contributed by atoms with Crippen molar-refractivity contribution in [2.45, 2.75) is 25.3 Å². The lowest BCUT2D eigenvalue weighted by atomic mass is 10.1. The highest BCUT2D eigenvalue weighted by Crippen LogP contribution is 2.38. The van der Waals surface area contributed by atoms with Gasteiger partial charge in [0.05, 0.1) is 25.3 Å². The molecule has 0 bridgehead atoms. The minimum atomic E-state index is 0. The Labute approximate surface area is 145 Å². The van der Waals surface area contributed by atoms with Gasteiger partial charge in [-0.2, -0.15) is 4.98 Å². The van der Waals surface area contributed by atoms with Crippen LogP contribution >= 0.6 is 24.0 Å². The predicted molar refractivity (Wildman–Crippen MR) is 89.7 cm³/mol. The number of halogens is 2. The molecule has 1 atom stereocenters. The van der Waals surface area contributed by atoms with E-state index < -0.39 is 0 Å². The van der Waals surface area contributed by atoms with Gasteiger partial charge in [-0.05, 0) is 31.5 Å². The Morgan fingerprint density at radius 3 is 2.74 bits per heavy atom. The highest BCUT2D eigenvalue weighted by Gasteiger charge is 2.22. The summed E-state index contributed by atoms with van der Waals surface area (Å²) in [4.78, 5) is 4.48. The Hall–Kier alpha value is -1.50. The second-order valence-electron chi connectivity index (χ2n) is 5.15. The van der Waals surface area contributed by atoms with Crippen molar-refractivity contribution in [2.75, 3.05) is 20.8 Å². The van der Waals surface area contributed by atoms with Crippen molar-refractivity contribution >= 4 is 24.0 Å². The van der Waals surface area contributed by atoms with Crippen LogP contribution in [0, 0.1) is 0 Å².